The zero-order chi connectivity index (χ0) is 24.3. The number of halogens is 2. The molecular formula is C25H27F2NO5. The van der Waals surface area contributed by atoms with Crippen LogP contribution >= 0.6 is 0 Å². The van der Waals surface area contributed by atoms with Gasteiger partial charge in [0, 0.05) is 18.9 Å². The van der Waals surface area contributed by atoms with Crippen molar-refractivity contribution in [1.82, 2.24) is 4.90 Å². The molecule has 0 bridgehead atoms. The van der Waals surface area contributed by atoms with Crippen LogP contribution in [0.3, 0.4) is 0 Å². The van der Waals surface area contributed by atoms with Crippen LogP contribution in [0.4, 0.5) is 13.6 Å². The first-order valence-corrected chi connectivity index (χ1v) is 10.7. The van der Waals surface area contributed by atoms with Gasteiger partial charge in [-0.25, -0.2) is 18.4 Å². The van der Waals surface area contributed by atoms with E-state index in [-0.39, 0.29) is 11.5 Å². The number of amides is 1. The number of hydrogen-bond acceptors (Lipinski definition) is 5. The summed E-state index contributed by atoms with van der Waals surface area (Å²) in [6, 6.07) is 9.92. The zero-order valence-corrected chi connectivity index (χ0v) is 19.1. The molecule has 176 valence electrons. The molecule has 1 saturated heterocycles. The first kappa shape index (κ1) is 24.4. The van der Waals surface area contributed by atoms with Crippen LogP contribution in [-0.2, 0) is 20.7 Å². The average molecular weight is 459 g/mol. The third-order valence-electron chi connectivity index (χ3n) is 5.49. The van der Waals surface area contributed by atoms with E-state index in [1.165, 1.54) is 4.90 Å². The minimum Gasteiger partial charge on any atom is -0.465 e. The molecule has 2 aromatic rings. The first-order valence-electron chi connectivity index (χ1n) is 10.7. The van der Waals surface area contributed by atoms with Crippen molar-refractivity contribution in [2.24, 2.45) is 0 Å². The number of Topliss-reactive ketones (excluding diaryl/α,β-unsaturated/α-hetero) is 1. The molecule has 6 nitrogen and oxygen atoms in total. The molecule has 1 aliphatic rings. The van der Waals surface area contributed by atoms with E-state index < -0.39 is 53.1 Å². The fourth-order valence-electron chi connectivity index (χ4n) is 4.05. The molecule has 0 aromatic heterocycles. The lowest BCUT2D eigenvalue weighted by atomic mass is 9.87. The van der Waals surface area contributed by atoms with E-state index in [0.29, 0.717) is 13.0 Å². The second kappa shape index (κ2) is 9.68. The maximum atomic E-state index is 14.6. The number of ether oxygens (including phenoxy) is 2. The van der Waals surface area contributed by atoms with Gasteiger partial charge in [-0.2, -0.15) is 0 Å². The lowest BCUT2D eigenvalue weighted by Gasteiger charge is -2.30. The number of carbonyl (C=O) groups is 3. The van der Waals surface area contributed by atoms with Crippen LogP contribution in [0.1, 0.15) is 54.6 Å². The van der Waals surface area contributed by atoms with Gasteiger partial charge in [0.15, 0.2) is 5.78 Å². The van der Waals surface area contributed by atoms with E-state index in [9.17, 15) is 23.2 Å². The van der Waals surface area contributed by atoms with E-state index in [1.54, 1.807) is 20.8 Å². The van der Waals surface area contributed by atoms with Gasteiger partial charge in [0.25, 0.3) is 0 Å². The third-order valence-corrected chi connectivity index (χ3v) is 5.49. The van der Waals surface area contributed by atoms with Gasteiger partial charge in [0.2, 0.25) is 0 Å². The quantitative estimate of drug-likeness (QED) is 0.609. The first-order chi connectivity index (χ1) is 15.5. The smallest absolute Gasteiger partial charge is 0.410 e. The number of rotatable bonds is 5. The standard InChI is InChI=1S/C25H27F2NO5/c1-25(2,3)33-24(31)28-11-10-17(15-8-6-5-7-9-15)22(28)21(29)13-16-12-20(27)18(14-19(16)26)23(30)32-4/h5-9,12,14,17,22H,10-11,13H2,1-4H3/t17-,22+/m1/s1. The van der Waals surface area contributed by atoms with E-state index in [1.807, 2.05) is 30.3 Å². The molecule has 0 unspecified atom stereocenters. The number of likely N-dealkylation sites (tertiary alicyclic amines) is 1. The molecular weight excluding hydrogens is 432 g/mol. The molecule has 2 atom stereocenters. The second-order valence-corrected chi connectivity index (χ2v) is 8.98. The van der Waals surface area contributed by atoms with Gasteiger partial charge >= 0.3 is 12.1 Å². The van der Waals surface area contributed by atoms with Gasteiger partial charge in [-0.1, -0.05) is 30.3 Å². The maximum Gasteiger partial charge on any atom is 0.410 e. The number of hydrogen-bond donors (Lipinski definition) is 0. The number of esters is 1. The Kier molecular flexibility index (Phi) is 7.15. The molecule has 0 radical (unpaired) electrons. The van der Waals surface area contributed by atoms with Crippen LogP contribution in [-0.4, -0.2) is 48.0 Å². The largest absolute Gasteiger partial charge is 0.465 e. The summed E-state index contributed by atoms with van der Waals surface area (Å²) in [7, 11) is 1.06. The highest BCUT2D eigenvalue weighted by Crippen LogP contribution is 2.36. The summed E-state index contributed by atoms with van der Waals surface area (Å²) in [6.07, 6.45) is -0.554. The minimum atomic E-state index is -1.01. The van der Waals surface area contributed by atoms with Crippen molar-refractivity contribution < 1.29 is 32.6 Å². The summed E-state index contributed by atoms with van der Waals surface area (Å²) in [5.41, 5.74) is -0.638. The normalized spacial score (nSPS) is 18.2. The number of methoxy groups -OCH3 is 1. The Bertz CT molecular complexity index is 1050. The number of carbonyl (C=O) groups excluding carboxylic acids is 3. The third kappa shape index (κ3) is 5.56. The number of nitrogens with zero attached hydrogens (tertiary/aromatic N) is 1. The Balaban J connectivity index is 1.92. The van der Waals surface area contributed by atoms with Gasteiger partial charge in [0.05, 0.1) is 12.7 Å². The van der Waals surface area contributed by atoms with Gasteiger partial charge < -0.3 is 9.47 Å². The van der Waals surface area contributed by atoms with Crippen molar-refractivity contribution in [2.45, 2.75) is 51.2 Å². The van der Waals surface area contributed by atoms with Gasteiger partial charge in [0.1, 0.15) is 23.3 Å². The van der Waals surface area contributed by atoms with Gasteiger partial charge in [-0.3, -0.25) is 9.69 Å². The van der Waals surface area contributed by atoms with E-state index >= 15 is 0 Å². The summed E-state index contributed by atoms with van der Waals surface area (Å²) in [5, 5.41) is 0. The molecule has 2 aromatic carbocycles. The second-order valence-electron chi connectivity index (χ2n) is 8.98. The van der Waals surface area contributed by atoms with Crippen LogP contribution in [0.5, 0.6) is 0 Å². The van der Waals surface area contributed by atoms with Crippen molar-refractivity contribution in [3.05, 3.63) is 70.8 Å². The van der Waals surface area contributed by atoms with E-state index in [2.05, 4.69) is 4.74 Å². The lowest BCUT2D eigenvalue weighted by Crippen LogP contribution is -2.45. The van der Waals surface area contributed by atoms with Gasteiger partial charge in [-0.15, -0.1) is 0 Å². The highest BCUT2D eigenvalue weighted by atomic mass is 19.1. The average Bonchev–Trinajstić information content (AvgIpc) is 3.20. The molecule has 33 heavy (non-hydrogen) atoms. The SMILES string of the molecule is COC(=O)c1cc(F)c(CC(=O)[C@@H]2[C@@H](c3ccccc3)CCN2C(=O)OC(C)(C)C)cc1F. The van der Waals surface area contributed by atoms with Crippen LogP contribution < -0.4 is 0 Å². The van der Waals surface area contributed by atoms with Gasteiger partial charge in [-0.05, 0) is 50.5 Å². The summed E-state index contributed by atoms with van der Waals surface area (Å²) in [5.74, 6) is -3.66. The topological polar surface area (TPSA) is 72.9 Å². The van der Waals surface area contributed by atoms with Crippen molar-refractivity contribution in [3.8, 4) is 0 Å². The highest BCUT2D eigenvalue weighted by Gasteiger charge is 2.43. The monoisotopic (exact) mass is 459 g/mol. The molecule has 1 amide bonds. The minimum absolute atomic E-state index is 0.201. The molecule has 1 aliphatic heterocycles. The Morgan fingerprint density at radius 3 is 2.33 bits per heavy atom. The zero-order valence-electron chi connectivity index (χ0n) is 19.1. The molecule has 8 heteroatoms. The molecule has 1 fully saturated rings. The number of ketones is 1. The van der Waals surface area contributed by atoms with Crippen LogP contribution in [0, 0.1) is 11.6 Å². The fourth-order valence-corrected chi connectivity index (χ4v) is 4.05. The molecule has 0 spiro atoms. The Morgan fingerprint density at radius 1 is 1.06 bits per heavy atom. The summed E-state index contributed by atoms with van der Waals surface area (Å²) >= 11 is 0. The summed E-state index contributed by atoms with van der Waals surface area (Å²) in [6.45, 7) is 5.48. The highest BCUT2D eigenvalue weighted by molar-refractivity contribution is 5.92. The number of benzene rings is 2. The van der Waals surface area contributed by atoms with Crippen molar-refractivity contribution in [1.29, 1.82) is 0 Å². The fraction of sp³-hybridized carbons (Fsp3) is 0.400. The van der Waals surface area contributed by atoms with E-state index in [0.717, 1.165) is 24.8 Å². The lowest BCUT2D eigenvalue weighted by molar-refractivity contribution is -0.123. The Hall–Kier alpha value is -3.29. The Labute approximate surface area is 191 Å². The van der Waals surface area contributed by atoms with Crippen molar-refractivity contribution in [2.75, 3.05) is 13.7 Å². The molecule has 3 rings (SSSR count). The molecule has 1 heterocycles. The van der Waals surface area contributed by atoms with Crippen molar-refractivity contribution in [3.63, 3.8) is 0 Å². The van der Waals surface area contributed by atoms with Crippen LogP contribution in [0.25, 0.3) is 0 Å². The summed E-state index contributed by atoms with van der Waals surface area (Å²) < 4.78 is 38.9. The summed E-state index contributed by atoms with van der Waals surface area (Å²) in [4.78, 5) is 39.2. The van der Waals surface area contributed by atoms with E-state index in [4.69, 9.17) is 4.74 Å². The molecule has 0 saturated carbocycles. The molecule has 0 N–H and O–H groups in total. The van der Waals surface area contributed by atoms with Crippen LogP contribution in [0.2, 0.25) is 0 Å². The van der Waals surface area contributed by atoms with Crippen LogP contribution in [0.15, 0.2) is 42.5 Å². The predicted molar refractivity (Wildman–Crippen MR) is 117 cm³/mol. The Morgan fingerprint density at radius 2 is 1.73 bits per heavy atom. The maximum absolute atomic E-state index is 14.6. The van der Waals surface area contributed by atoms with Crippen molar-refractivity contribution >= 4 is 17.8 Å². The predicted octanol–water partition coefficient (Wildman–Crippen LogP) is 4.66. The molecule has 0 aliphatic carbocycles.